The monoisotopic (exact) mass is 304 g/mol. The van der Waals surface area contributed by atoms with Gasteiger partial charge in [0.15, 0.2) is 0 Å². The highest BCUT2D eigenvalue weighted by Gasteiger charge is 2.09. The minimum absolute atomic E-state index is 0.190. The van der Waals surface area contributed by atoms with E-state index in [-0.39, 0.29) is 11.7 Å². The third kappa shape index (κ3) is 4.46. The summed E-state index contributed by atoms with van der Waals surface area (Å²) in [7, 11) is 0. The van der Waals surface area contributed by atoms with Crippen molar-refractivity contribution < 1.29 is 9.90 Å². The molecule has 0 fully saturated rings. The fourth-order valence-electron chi connectivity index (χ4n) is 1.96. The number of aromatic nitrogens is 1. The number of hydrogen-bond donors (Lipinski definition) is 2. The molecule has 1 aromatic heterocycles. The van der Waals surface area contributed by atoms with Crippen molar-refractivity contribution in [3.63, 3.8) is 0 Å². The predicted molar refractivity (Wildman–Crippen MR) is 82.5 cm³/mol. The minimum Gasteiger partial charge on any atom is -0.508 e. The van der Waals surface area contributed by atoms with Crippen LogP contribution in [0.1, 0.15) is 35.0 Å². The Labute approximate surface area is 128 Å². The number of carbonyl (C=O) groups excluding carboxylic acids is 1. The number of hydrogen-bond acceptors (Lipinski definition) is 3. The van der Waals surface area contributed by atoms with Crippen LogP contribution < -0.4 is 5.32 Å². The topological polar surface area (TPSA) is 62.2 Å². The van der Waals surface area contributed by atoms with E-state index in [9.17, 15) is 9.90 Å². The molecule has 0 atom stereocenters. The second-order valence-electron chi connectivity index (χ2n) is 4.77. The molecule has 1 aromatic carbocycles. The molecular formula is C16H17ClN2O2. The largest absolute Gasteiger partial charge is 0.508 e. The summed E-state index contributed by atoms with van der Waals surface area (Å²) in [6.45, 7) is 2.44. The average Bonchev–Trinajstić information content (AvgIpc) is 2.46. The van der Waals surface area contributed by atoms with Crippen molar-refractivity contribution in [2.75, 3.05) is 0 Å². The number of halogens is 1. The number of nitrogens with zero attached hydrogens (tertiary/aromatic N) is 1. The molecule has 0 aliphatic carbocycles. The van der Waals surface area contributed by atoms with Gasteiger partial charge in [0.1, 0.15) is 10.9 Å². The van der Waals surface area contributed by atoms with Gasteiger partial charge in [0, 0.05) is 17.8 Å². The van der Waals surface area contributed by atoms with Gasteiger partial charge in [-0.2, -0.15) is 0 Å². The molecule has 4 nitrogen and oxygen atoms in total. The molecule has 0 saturated carbocycles. The zero-order valence-corrected chi connectivity index (χ0v) is 12.5. The fraction of sp³-hybridized carbons (Fsp3) is 0.250. The van der Waals surface area contributed by atoms with E-state index < -0.39 is 0 Å². The first-order valence-electron chi connectivity index (χ1n) is 6.81. The molecule has 1 heterocycles. The Morgan fingerprint density at radius 2 is 2.00 bits per heavy atom. The lowest BCUT2D eigenvalue weighted by molar-refractivity contribution is 0.0950. The van der Waals surface area contributed by atoms with Crippen LogP contribution in [0.15, 0.2) is 36.4 Å². The second-order valence-corrected chi connectivity index (χ2v) is 5.16. The van der Waals surface area contributed by atoms with E-state index in [1.807, 2.05) is 6.92 Å². The summed E-state index contributed by atoms with van der Waals surface area (Å²) in [5.41, 5.74) is 2.24. The minimum atomic E-state index is -0.190. The molecule has 2 N–H and O–H groups in total. The molecule has 110 valence electrons. The van der Waals surface area contributed by atoms with Gasteiger partial charge in [-0.3, -0.25) is 4.79 Å². The number of nitrogens with one attached hydrogen (secondary N) is 1. The van der Waals surface area contributed by atoms with Gasteiger partial charge in [0.05, 0.1) is 0 Å². The Balaban J connectivity index is 2.04. The SMILES string of the molecule is CCCc1cc(C(=O)NCc2ccc(O)cc2)cc(Cl)n1. The third-order valence-corrected chi connectivity index (χ3v) is 3.20. The number of amides is 1. The highest BCUT2D eigenvalue weighted by atomic mass is 35.5. The standard InChI is InChI=1S/C16H17ClN2O2/c1-2-3-13-8-12(9-15(17)19-13)16(21)18-10-11-4-6-14(20)7-5-11/h4-9,20H,2-3,10H2,1H3,(H,18,21). The van der Waals surface area contributed by atoms with Gasteiger partial charge in [-0.25, -0.2) is 4.98 Å². The summed E-state index contributed by atoms with van der Waals surface area (Å²) >= 11 is 5.95. The summed E-state index contributed by atoms with van der Waals surface area (Å²) in [5, 5.41) is 12.4. The van der Waals surface area contributed by atoms with Crippen LogP contribution in [-0.4, -0.2) is 16.0 Å². The Hall–Kier alpha value is -2.07. The Kier molecular flexibility index (Phi) is 5.17. The molecule has 0 aliphatic heterocycles. The maximum atomic E-state index is 12.1. The van der Waals surface area contributed by atoms with E-state index in [4.69, 9.17) is 11.6 Å². The van der Waals surface area contributed by atoms with E-state index in [0.29, 0.717) is 17.3 Å². The number of rotatable bonds is 5. The molecule has 2 aromatic rings. The highest BCUT2D eigenvalue weighted by molar-refractivity contribution is 6.29. The van der Waals surface area contributed by atoms with Gasteiger partial charge in [-0.05, 0) is 36.2 Å². The van der Waals surface area contributed by atoms with Crippen LogP contribution in [0.2, 0.25) is 5.15 Å². The first kappa shape index (κ1) is 15.3. The number of pyridine rings is 1. The van der Waals surface area contributed by atoms with Crippen molar-refractivity contribution in [2.24, 2.45) is 0 Å². The number of carbonyl (C=O) groups is 1. The van der Waals surface area contributed by atoms with E-state index in [1.54, 1.807) is 36.4 Å². The van der Waals surface area contributed by atoms with Crippen molar-refractivity contribution in [3.8, 4) is 5.75 Å². The van der Waals surface area contributed by atoms with Crippen LogP contribution in [0.4, 0.5) is 0 Å². The summed E-state index contributed by atoms with van der Waals surface area (Å²) in [5.74, 6) is 0.0138. The van der Waals surface area contributed by atoms with Crippen molar-refractivity contribution in [3.05, 3.63) is 58.4 Å². The summed E-state index contributed by atoms with van der Waals surface area (Å²) < 4.78 is 0. The van der Waals surface area contributed by atoms with Crippen LogP contribution >= 0.6 is 11.6 Å². The molecule has 0 aliphatic rings. The normalized spacial score (nSPS) is 10.4. The first-order valence-corrected chi connectivity index (χ1v) is 7.19. The number of benzene rings is 1. The number of phenolic OH excluding ortho intramolecular Hbond substituents is 1. The highest BCUT2D eigenvalue weighted by Crippen LogP contribution is 2.13. The Morgan fingerprint density at radius 3 is 2.67 bits per heavy atom. The van der Waals surface area contributed by atoms with E-state index in [0.717, 1.165) is 24.1 Å². The van der Waals surface area contributed by atoms with Crippen molar-refractivity contribution in [2.45, 2.75) is 26.3 Å². The molecule has 2 rings (SSSR count). The number of aromatic hydroxyl groups is 1. The second kappa shape index (κ2) is 7.09. The van der Waals surface area contributed by atoms with Gasteiger partial charge >= 0.3 is 0 Å². The number of aryl methyl sites for hydroxylation is 1. The van der Waals surface area contributed by atoms with Crippen molar-refractivity contribution in [1.29, 1.82) is 0 Å². The van der Waals surface area contributed by atoms with Gasteiger partial charge < -0.3 is 10.4 Å². The quantitative estimate of drug-likeness (QED) is 0.833. The zero-order valence-electron chi connectivity index (χ0n) is 11.8. The zero-order chi connectivity index (χ0) is 15.2. The van der Waals surface area contributed by atoms with Gasteiger partial charge in [0.25, 0.3) is 5.91 Å². The molecule has 0 bridgehead atoms. The van der Waals surface area contributed by atoms with Crippen LogP contribution in [0.25, 0.3) is 0 Å². The average molecular weight is 305 g/mol. The van der Waals surface area contributed by atoms with Crippen molar-refractivity contribution >= 4 is 17.5 Å². The number of phenols is 1. The molecule has 1 amide bonds. The Bertz CT molecular complexity index is 627. The van der Waals surface area contributed by atoms with Crippen LogP contribution in [0, 0.1) is 0 Å². The molecule has 0 radical (unpaired) electrons. The maximum absolute atomic E-state index is 12.1. The molecule has 5 heteroatoms. The van der Waals surface area contributed by atoms with Gasteiger partial charge in [0.2, 0.25) is 0 Å². The third-order valence-electron chi connectivity index (χ3n) is 3.00. The van der Waals surface area contributed by atoms with Gasteiger partial charge in [-0.15, -0.1) is 0 Å². The summed E-state index contributed by atoms with van der Waals surface area (Å²) in [4.78, 5) is 16.3. The maximum Gasteiger partial charge on any atom is 0.251 e. The Morgan fingerprint density at radius 1 is 1.29 bits per heavy atom. The smallest absolute Gasteiger partial charge is 0.251 e. The van der Waals surface area contributed by atoms with E-state index >= 15 is 0 Å². The van der Waals surface area contributed by atoms with Crippen LogP contribution in [0.3, 0.4) is 0 Å². The van der Waals surface area contributed by atoms with E-state index in [1.165, 1.54) is 0 Å². The molecule has 0 unspecified atom stereocenters. The molecule has 0 saturated heterocycles. The summed E-state index contributed by atoms with van der Waals surface area (Å²) in [6.07, 6.45) is 1.74. The summed E-state index contributed by atoms with van der Waals surface area (Å²) in [6, 6.07) is 10.0. The van der Waals surface area contributed by atoms with E-state index in [2.05, 4.69) is 10.3 Å². The molecular weight excluding hydrogens is 288 g/mol. The lowest BCUT2D eigenvalue weighted by atomic mass is 10.1. The predicted octanol–water partition coefficient (Wildman–Crippen LogP) is 3.32. The lowest BCUT2D eigenvalue weighted by Crippen LogP contribution is -2.23. The van der Waals surface area contributed by atoms with Crippen molar-refractivity contribution in [1.82, 2.24) is 10.3 Å². The lowest BCUT2D eigenvalue weighted by Gasteiger charge is -2.07. The van der Waals surface area contributed by atoms with Crippen LogP contribution in [-0.2, 0) is 13.0 Å². The molecule has 21 heavy (non-hydrogen) atoms. The molecule has 0 spiro atoms. The fourth-order valence-corrected chi connectivity index (χ4v) is 2.19. The van der Waals surface area contributed by atoms with Crippen LogP contribution in [0.5, 0.6) is 5.75 Å². The van der Waals surface area contributed by atoms with Gasteiger partial charge in [-0.1, -0.05) is 37.1 Å². The first-order chi connectivity index (χ1) is 10.1.